The topological polar surface area (TPSA) is 114 Å². The van der Waals surface area contributed by atoms with Gasteiger partial charge in [-0.2, -0.15) is 15.0 Å². The molecule has 0 aliphatic carbocycles. The lowest BCUT2D eigenvalue weighted by Crippen LogP contribution is -2.59. The van der Waals surface area contributed by atoms with Gasteiger partial charge in [-0.1, -0.05) is 24.3 Å². The molecule has 0 atom stereocenters. The quantitative estimate of drug-likeness (QED) is 0.283. The number of nitrogens with zero attached hydrogens (tertiary/aromatic N) is 7. The fourth-order valence-electron chi connectivity index (χ4n) is 5.12. The predicted octanol–water partition coefficient (Wildman–Crippen LogP) is 5.82. The first-order chi connectivity index (χ1) is 18.1. The number of anilines is 3. The SMILES string of the molecule is C=CCOc1nc(Nc2ccc3nn(-c4cc(Cl)ccc4O)nc3c2)nc(N2C(C)(C)CCCC2(C)C)n1. The maximum atomic E-state index is 10.2. The summed E-state index contributed by atoms with van der Waals surface area (Å²) in [5.41, 5.74) is 2.09. The van der Waals surface area contributed by atoms with Crippen LogP contribution in [-0.4, -0.2) is 52.7 Å². The van der Waals surface area contributed by atoms with Crippen molar-refractivity contribution in [3.63, 3.8) is 0 Å². The van der Waals surface area contributed by atoms with Gasteiger partial charge in [0.15, 0.2) is 0 Å². The van der Waals surface area contributed by atoms with E-state index in [9.17, 15) is 5.11 Å². The van der Waals surface area contributed by atoms with Crippen LogP contribution in [0.2, 0.25) is 5.02 Å². The molecule has 2 aromatic heterocycles. The van der Waals surface area contributed by atoms with Gasteiger partial charge in [0.1, 0.15) is 29.1 Å². The minimum atomic E-state index is -0.139. The van der Waals surface area contributed by atoms with Crippen molar-refractivity contribution in [2.24, 2.45) is 0 Å². The minimum absolute atomic E-state index is 0.0291. The second-order valence-corrected chi connectivity index (χ2v) is 11.0. The van der Waals surface area contributed by atoms with Gasteiger partial charge < -0.3 is 20.1 Å². The molecule has 1 saturated heterocycles. The van der Waals surface area contributed by atoms with Gasteiger partial charge in [0, 0.05) is 21.8 Å². The Morgan fingerprint density at radius 3 is 2.50 bits per heavy atom. The first kappa shape index (κ1) is 25.7. The Morgan fingerprint density at radius 2 is 1.76 bits per heavy atom. The van der Waals surface area contributed by atoms with E-state index in [4.69, 9.17) is 21.3 Å². The normalized spacial score (nSPS) is 16.4. The molecule has 198 valence electrons. The highest BCUT2D eigenvalue weighted by atomic mass is 35.5. The van der Waals surface area contributed by atoms with Crippen molar-refractivity contribution >= 4 is 40.2 Å². The van der Waals surface area contributed by atoms with E-state index >= 15 is 0 Å². The molecule has 0 spiro atoms. The molecule has 0 amide bonds. The highest BCUT2D eigenvalue weighted by Gasteiger charge is 2.43. The molecular formula is C27H31ClN8O2. The molecule has 11 heteroatoms. The van der Waals surface area contributed by atoms with Crippen LogP contribution in [0.3, 0.4) is 0 Å². The Kier molecular flexibility index (Phi) is 6.60. The highest BCUT2D eigenvalue weighted by molar-refractivity contribution is 6.30. The van der Waals surface area contributed by atoms with Crippen molar-refractivity contribution in [3.05, 3.63) is 54.1 Å². The molecule has 5 rings (SSSR count). The zero-order chi connectivity index (χ0) is 27.1. The standard InChI is InChI=1S/C27H31ClN8O2/c1-6-14-38-25-31-23(30-24(32-25)35-26(2,3)12-7-13-27(35,4)5)29-18-9-10-19-20(16-18)34-36(33-19)21-15-17(28)8-11-22(21)37/h6,8-11,15-16,37H,1,7,12-14H2,2-5H3,(H,29,30,31,32). The second kappa shape index (κ2) is 9.75. The predicted molar refractivity (Wildman–Crippen MR) is 149 cm³/mol. The number of hydrogen-bond acceptors (Lipinski definition) is 9. The van der Waals surface area contributed by atoms with Crippen molar-refractivity contribution < 1.29 is 9.84 Å². The third-order valence-corrected chi connectivity index (χ3v) is 6.95. The summed E-state index contributed by atoms with van der Waals surface area (Å²) in [5.74, 6) is 0.937. The van der Waals surface area contributed by atoms with Gasteiger partial charge in [-0.3, -0.25) is 0 Å². The first-order valence-electron chi connectivity index (χ1n) is 12.5. The fraction of sp³-hybridized carbons (Fsp3) is 0.370. The first-order valence-corrected chi connectivity index (χ1v) is 12.9. The number of nitrogens with one attached hydrogen (secondary N) is 1. The van der Waals surface area contributed by atoms with Gasteiger partial charge >= 0.3 is 6.01 Å². The molecule has 2 aromatic carbocycles. The van der Waals surface area contributed by atoms with Gasteiger partial charge in [0.05, 0.1) is 0 Å². The average molecular weight is 535 g/mol. The van der Waals surface area contributed by atoms with E-state index in [1.165, 1.54) is 10.9 Å². The highest BCUT2D eigenvalue weighted by Crippen LogP contribution is 2.41. The van der Waals surface area contributed by atoms with Crippen molar-refractivity contribution in [3.8, 4) is 17.4 Å². The maximum Gasteiger partial charge on any atom is 0.323 e. The molecule has 1 aliphatic rings. The van der Waals surface area contributed by atoms with Crippen molar-refractivity contribution in [2.45, 2.75) is 58.0 Å². The lowest BCUT2D eigenvalue weighted by Gasteiger charge is -2.52. The van der Waals surface area contributed by atoms with Crippen molar-refractivity contribution in [2.75, 3.05) is 16.8 Å². The van der Waals surface area contributed by atoms with E-state index < -0.39 is 0 Å². The van der Waals surface area contributed by atoms with Crippen LogP contribution in [0.15, 0.2) is 49.1 Å². The zero-order valence-electron chi connectivity index (χ0n) is 21.9. The summed E-state index contributed by atoms with van der Waals surface area (Å²) in [6.45, 7) is 12.9. The van der Waals surface area contributed by atoms with E-state index in [1.807, 2.05) is 18.2 Å². The van der Waals surface area contributed by atoms with Gasteiger partial charge in [-0.25, -0.2) is 0 Å². The Bertz CT molecular complexity index is 1480. The Hall–Kier alpha value is -3.92. The van der Waals surface area contributed by atoms with Crippen LogP contribution >= 0.6 is 11.6 Å². The maximum absolute atomic E-state index is 10.2. The van der Waals surface area contributed by atoms with E-state index in [1.54, 1.807) is 18.2 Å². The number of fused-ring (bicyclic) bond motifs is 1. The molecule has 0 radical (unpaired) electrons. The van der Waals surface area contributed by atoms with Crippen LogP contribution in [0.5, 0.6) is 11.8 Å². The molecule has 10 nitrogen and oxygen atoms in total. The smallest absolute Gasteiger partial charge is 0.323 e. The summed E-state index contributed by atoms with van der Waals surface area (Å²) in [7, 11) is 0. The average Bonchev–Trinajstić information content (AvgIpc) is 3.26. The Morgan fingerprint density at radius 1 is 1.03 bits per heavy atom. The fourth-order valence-corrected chi connectivity index (χ4v) is 5.29. The van der Waals surface area contributed by atoms with Crippen LogP contribution in [0.1, 0.15) is 47.0 Å². The molecule has 1 fully saturated rings. The monoisotopic (exact) mass is 534 g/mol. The molecule has 38 heavy (non-hydrogen) atoms. The third-order valence-electron chi connectivity index (χ3n) is 6.71. The zero-order valence-corrected chi connectivity index (χ0v) is 22.7. The molecule has 0 saturated carbocycles. The van der Waals surface area contributed by atoms with Gasteiger partial charge in [0.25, 0.3) is 0 Å². The number of aromatic hydroxyl groups is 1. The Labute approximate surface area is 226 Å². The molecule has 4 aromatic rings. The molecule has 0 unspecified atom stereocenters. The number of halogens is 1. The number of piperidine rings is 1. The lowest BCUT2D eigenvalue weighted by molar-refractivity contribution is 0.238. The summed E-state index contributed by atoms with van der Waals surface area (Å²) in [4.78, 5) is 17.6. The van der Waals surface area contributed by atoms with Crippen LogP contribution in [0.4, 0.5) is 17.6 Å². The van der Waals surface area contributed by atoms with E-state index in [2.05, 4.69) is 64.7 Å². The number of aromatic nitrogens is 6. The number of phenolic OH excluding ortho intramolecular Hbond substituents is 1. The van der Waals surface area contributed by atoms with Crippen LogP contribution in [0.25, 0.3) is 16.7 Å². The molecule has 3 heterocycles. The van der Waals surface area contributed by atoms with E-state index in [-0.39, 0.29) is 29.4 Å². The Balaban J connectivity index is 1.50. The second-order valence-electron chi connectivity index (χ2n) is 10.6. The number of ether oxygens (including phenoxy) is 1. The largest absolute Gasteiger partial charge is 0.506 e. The van der Waals surface area contributed by atoms with Crippen molar-refractivity contribution in [1.29, 1.82) is 0 Å². The minimum Gasteiger partial charge on any atom is -0.506 e. The van der Waals surface area contributed by atoms with E-state index in [0.717, 1.165) is 19.3 Å². The summed E-state index contributed by atoms with van der Waals surface area (Å²) in [5, 5.41) is 23.0. The third kappa shape index (κ3) is 5.08. The van der Waals surface area contributed by atoms with Crippen LogP contribution < -0.4 is 15.0 Å². The van der Waals surface area contributed by atoms with Crippen LogP contribution in [0, 0.1) is 0 Å². The number of phenols is 1. The summed E-state index contributed by atoms with van der Waals surface area (Å²) in [6, 6.07) is 10.5. The number of benzene rings is 2. The van der Waals surface area contributed by atoms with Gasteiger partial charge in [0.2, 0.25) is 11.9 Å². The van der Waals surface area contributed by atoms with Gasteiger partial charge in [-0.15, -0.1) is 15.0 Å². The summed E-state index contributed by atoms with van der Waals surface area (Å²) < 4.78 is 5.74. The van der Waals surface area contributed by atoms with Crippen molar-refractivity contribution in [1.82, 2.24) is 29.9 Å². The summed E-state index contributed by atoms with van der Waals surface area (Å²) in [6.07, 6.45) is 4.85. The molecular weight excluding hydrogens is 504 g/mol. The summed E-state index contributed by atoms with van der Waals surface area (Å²) >= 11 is 6.10. The molecule has 1 aliphatic heterocycles. The molecule has 0 bridgehead atoms. The number of rotatable bonds is 7. The molecule has 2 N–H and O–H groups in total. The number of hydrogen-bond donors (Lipinski definition) is 2. The lowest BCUT2D eigenvalue weighted by atomic mass is 9.80. The van der Waals surface area contributed by atoms with Crippen LogP contribution in [-0.2, 0) is 0 Å². The van der Waals surface area contributed by atoms with Gasteiger partial charge in [-0.05, 0) is 83.4 Å². The van der Waals surface area contributed by atoms with E-state index in [0.29, 0.717) is 39.3 Å².